The van der Waals surface area contributed by atoms with Gasteiger partial charge < -0.3 is 5.21 Å². The predicted octanol–water partition coefficient (Wildman–Crippen LogP) is 4.60. The monoisotopic (exact) mass is 457 g/mol. The average Bonchev–Trinajstić information content (AvgIpc) is 3.10. The lowest BCUT2D eigenvalue weighted by Gasteiger charge is -2.02. The third kappa shape index (κ3) is 4.71. The van der Waals surface area contributed by atoms with Gasteiger partial charge in [-0.3, -0.25) is 20.2 Å². The van der Waals surface area contributed by atoms with Gasteiger partial charge in [-0.1, -0.05) is 45.0 Å². The van der Waals surface area contributed by atoms with Gasteiger partial charge in [-0.25, -0.2) is 0 Å². The van der Waals surface area contributed by atoms with Gasteiger partial charge in [0.25, 0.3) is 11.4 Å². The number of para-hydroxylation sites is 1. The van der Waals surface area contributed by atoms with Crippen LogP contribution in [0.4, 0.5) is 11.4 Å². The molecular weight excluding hydrogens is 446 g/mol. The minimum atomic E-state index is -0.643. The van der Waals surface area contributed by atoms with E-state index in [4.69, 9.17) is 5.21 Å². The second kappa shape index (κ2) is 8.44. The molecule has 3 aromatic carbocycles. The van der Waals surface area contributed by atoms with E-state index in [9.17, 15) is 20.2 Å². The van der Waals surface area contributed by atoms with Crippen LogP contribution in [0.2, 0.25) is 0 Å². The van der Waals surface area contributed by atoms with E-state index in [-0.39, 0.29) is 11.4 Å². The van der Waals surface area contributed by atoms with E-state index in [0.717, 1.165) is 15.4 Å². The fraction of sp³-hybridized carbons (Fsp3) is 0. The van der Waals surface area contributed by atoms with Gasteiger partial charge >= 0.3 is 0 Å². The smallest absolute Gasteiger partial charge is 0.276 e. The molecule has 0 spiro atoms. The van der Waals surface area contributed by atoms with Crippen LogP contribution < -0.4 is 0 Å². The second-order valence-corrected chi connectivity index (χ2v) is 6.64. The van der Waals surface area contributed by atoms with Gasteiger partial charge in [0.05, 0.1) is 15.9 Å². The number of rotatable bonds is 3. The molecule has 0 saturated carbocycles. The standard InChI is InChI=1S/C12H7BrN2O4.C6H5N3O/c13-10-3-1-8(2-4-10)9-5-11(14(16)17)7-12(6-9)15(18)19;10-9-6-4-2-1-3-5(6)7-8-9/h1-7H;1-4,10H. The van der Waals surface area contributed by atoms with Gasteiger partial charge in [0.1, 0.15) is 11.0 Å². The highest BCUT2D eigenvalue weighted by atomic mass is 79.9. The Balaban J connectivity index is 0.000000200. The number of nitrogens with zero attached hydrogens (tertiary/aromatic N) is 5. The van der Waals surface area contributed by atoms with E-state index in [1.54, 1.807) is 36.4 Å². The van der Waals surface area contributed by atoms with E-state index < -0.39 is 9.85 Å². The molecule has 29 heavy (non-hydrogen) atoms. The summed E-state index contributed by atoms with van der Waals surface area (Å²) in [6, 6.07) is 17.8. The fourth-order valence-corrected chi connectivity index (χ4v) is 2.74. The first-order valence-corrected chi connectivity index (χ1v) is 8.84. The van der Waals surface area contributed by atoms with Gasteiger partial charge in [0.2, 0.25) is 0 Å². The summed E-state index contributed by atoms with van der Waals surface area (Å²) in [6.45, 7) is 0. The van der Waals surface area contributed by atoms with Crippen molar-refractivity contribution in [2.75, 3.05) is 0 Å². The first kappa shape index (κ1) is 19.9. The number of benzene rings is 3. The fourth-order valence-electron chi connectivity index (χ4n) is 2.47. The molecule has 0 aliphatic carbocycles. The van der Waals surface area contributed by atoms with Gasteiger partial charge in [-0.15, -0.1) is 5.10 Å². The average molecular weight is 458 g/mol. The summed E-state index contributed by atoms with van der Waals surface area (Å²) in [7, 11) is 0. The molecule has 0 amide bonds. The van der Waals surface area contributed by atoms with E-state index in [2.05, 4.69) is 26.2 Å². The highest BCUT2D eigenvalue weighted by molar-refractivity contribution is 9.10. The zero-order chi connectivity index (χ0) is 21.0. The minimum absolute atomic E-state index is 0.299. The van der Waals surface area contributed by atoms with Crippen molar-refractivity contribution in [3.63, 3.8) is 0 Å². The molecule has 11 heteroatoms. The lowest BCUT2D eigenvalue weighted by Crippen LogP contribution is -1.93. The van der Waals surface area contributed by atoms with Crippen LogP contribution in [0, 0.1) is 20.2 Å². The van der Waals surface area contributed by atoms with Crippen LogP contribution in [0.5, 0.6) is 0 Å². The van der Waals surface area contributed by atoms with E-state index in [1.165, 1.54) is 12.1 Å². The number of fused-ring (bicyclic) bond motifs is 1. The molecule has 0 fully saturated rings. The van der Waals surface area contributed by atoms with Crippen LogP contribution in [0.25, 0.3) is 22.2 Å². The first-order valence-electron chi connectivity index (χ1n) is 8.04. The molecule has 0 radical (unpaired) electrons. The molecule has 0 atom stereocenters. The van der Waals surface area contributed by atoms with Crippen LogP contribution in [-0.4, -0.2) is 30.2 Å². The Bertz CT molecular complexity index is 1160. The molecule has 0 aliphatic heterocycles. The van der Waals surface area contributed by atoms with Crippen molar-refractivity contribution < 1.29 is 15.1 Å². The Kier molecular flexibility index (Phi) is 5.79. The summed E-state index contributed by atoms with van der Waals surface area (Å²) < 4.78 is 0.858. The topological polar surface area (TPSA) is 137 Å². The zero-order valence-corrected chi connectivity index (χ0v) is 16.1. The van der Waals surface area contributed by atoms with Crippen LogP contribution in [0.3, 0.4) is 0 Å². The van der Waals surface area contributed by atoms with Crippen molar-refractivity contribution >= 4 is 38.3 Å². The normalized spacial score (nSPS) is 10.2. The Morgan fingerprint density at radius 1 is 0.862 bits per heavy atom. The Hall–Kier alpha value is -3.86. The summed E-state index contributed by atoms with van der Waals surface area (Å²) in [4.78, 5) is 21.0. The maximum absolute atomic E-state index is 10.8. The van der Waals surface area contributed by atoms with Crippen LogP contribution >= 0.6 is 15.9 Å². The third-order valence-corrected chi connectivity index (χ3v) is 4.36. The Morgan fingerprint density at radius 2 is 1.45 bits per heavy atom. The third-order valence-electron chi connectivity index (χ3n) is 3.84. The summed E-state index contributed by atoms with van der Waals surface area (Å²) in [6.07, 6.45) is 0. The molecule has 10 nitrogen and oxygen atoms in total. The number of aromatic nitrogens is 3. The molecule has 0 aliphatic rings. The SMILES string of the molecule is O=[N+]([O-])c1cc(-c2ccc(Br)cc2)cc([N+](=O)[O-])c1.On1nnc2ccccc21. The van der Waals surface area contributed by atoms with E-state index in [0.29, 0.717) is 22.2 Å². The first-order chi connectivity index (χ1) is 13.8. The van der Waals surface area contributed by atoms with Crippen molar-refractivity contribution in [2.24, 2.45) is 0 Å². The Labute approximate surface area is 171 Å². The highest BCUT2D eigenvalue weighted by Gasteiger charge is 2.17. The summed E-state index contributed by atoms with van der Waals surface area (Å²) in [5.41, 5.74) is 1.84. The van der Waals surface area contributed by atoms with Crippen LogP contribution in [0.15, 0.2) is 71.2 Å². The van der Waals surface area contributed by atoms with Crippen molar-refractivity contribution in [1.82, 2.24) is 15.2 Å². The largest absolute Gasteiger partial charge is 0.410 e. The van der Waals surface area contributed by atoms with Gasteiger partial charge in [0, 0.05) is 16.6 Å². The molecule has 146 valence electrons. The minimum Gasteiger partial charge on any atom is -0.410 e. The molecule has 4 rings (SSSR count). The quantitative estimate of drug-likeness (QED) is 0.269. The second-order valence-electron chi connectivity index (χ2n) is 5.73. The number of nitro benzene ring substituents is 2. The molecule has 0 bridgehead atoms. The maximum atomic E-state index is 10.8. The van der Waals surface area contributed by atoms with Gasteiger partial charge in [-0.05, 0) is 40.6 Å². The van der Waals surface area contributed by atoms with Gasteiger partial charge in [0.15, 0.2) is 0 Å². The van der Waals surface area contributed by atoms with Crippen LogP contribution in [-0.2, 0) is 0 Å². The van der Waals surface area contributed by atoms with Crippen molar-refractivity contribution in [3.05, 3.63) is 91.4 Å². The van der Waals surface area contributed by atoms with Crippen molar-refractivity contribution in [3.8, 4) is 11.1 Å². The van der Waals surface area contributed by atoms with Crippen molar-refractivity contribution in [2.45, 2.75) is 0 Å². The maximum Gasteiger partial charge on any atom is 0.276 e. The van der Waals surface area contributed by atoms with E-state index in [1.807, 2.05) is 12.1 Å². The molecule has 0 saturated heterocycles. The number of non-ortho nitro benzene ring substituents is 2. The molecule has 1 heterocycles. The molecule has 0 unspecified atom stereocenters. The number of nitro groups is 2. The zero-order valence-electron chi connectivity index (χ0n) is 14.5. The van der Waals surface area contributed by atoms with Crippen LogP contribution in [0.1, 0.15) is 0 Å². The number of hydrogen-bond acceptors (Lipinski definition) is 7. The summed E-state index contributed by atoms with van der Waals surface area (Å²) in [5.74, 6) is 0. The summed E-state index contributed by atoms with van der Waals surface area (Å²) in [5, 5.41) is 37.6. The highest BCUT2D eigenvalue weighted by Crippen LogP contribution is 2.30. The number of hydrogen-bond donors (Lipinski definition) is 1. The Morgan fingerprint density at radius 3 is 2.00 bits per heavy atom. The molecule has 4 aromatic rings. The van der Waals surface area contributed by atoms with E-state index >= 15 is 0 Å². The van der Waals surface area contributed by atoms with Crippen molar-refractivity contribution in [1.29, 1.82) is 0 Å². The molecule has 1 N–H and O–H groups in total. The molecule has 1 aromatic heterocycles. The number of halogens is 1. The summed E-state index contributed by atoms with van der Waals surface area (Å²) >= 11 is 3.28. The molecular formula is C18H12BrN5O5. The lowest BCUT2D eigenvalue weighted by atomic mass is 10.0. The lowest BCUT2D eigenvalue weighted by molar-refractivity contribution is -0.394. The van der Waals surface area contributed by atoms with Gasteiger partial charge in [-0.2, -0.15) is 0 Å². The predicted molar refractivity (Wildman–Crippen MR) is 108 cm³/mol.